The van der Waals surface area contributed by atoms with Crippen LogP contribution in [0.2, 0.25) is 0 Å². The largest absolute Gasteiger partial charge is 0.478 e. The number of carboxylic acid groups (broad SMARTS) is 1. The van der Waals surface area contributed by atoms with Gasteiger partial charge in [0.15, 0.2) is 15.7 Å². The number of carboxylic acids is 1. The molecule has 0 amide bonds. The first-order chi connectivity index (χ1) is 9.70. The maximum Gasteiger partial charge on any atom is 0.338 e. The van der Waals surface area contributed by atoms with Gasteiger partial charge in [0, 0.05) is 9.35 Å². The monoisotopic (exact) mass is 456 g/mol. The zero-order chi connectivity index (χ0) is 15.8. The molecule has 0 aliphatic heterocycles. The highest BCUT2D eigenvalue weighted by molar-refractivity contribution is 9.11. The van der Waals surface area contributed by atoms with Crippen LogP contribution in [0, 0.1) is 5.82 Å². The number of hydrogen-bond donors (Lipinski definition) is 1. The van der Waals surface area contributed by atoms with E-state index in [2.05, 4.69) is 31.9 Å². The van der Waals surface area contributed by atoms with Crippen LogP contribution >= 0.6 is 43.2 Å². The number of thiophene rings is 1. The maximum absolute atomic E-state index is 14.1. The smallest absolute Gasteiger partial charge is 0.338 e. The summed E-state index contributed by atoms with van der Waals surface area (Å²) in [6.45, 7) is 0. The second-order valence-electron chi connectivity index (χ2n) is 4.04. The highest BCUT2D eigenvalue weighted by atomic mass is 79.9. The second kappa shape index (κ2) is 6.15. The van der Waals surface area contributed by atoms with E-state index in [-0.39, 0.29) is 4.47 Å². The third kappa shape index (κ3) is 3.71. The average Bonchev–Trinajstić information content (AvgIpc) is 2.76. The minimum atomic E-state index is -3.99. The van der Waals surface area contributed by atoms with Crippen molar-refractivity contribution in [3.63, 3.8) is 0 Å². The zero-order valence-corrected chi connectivity index (χ0v) is 14.9. The van der Waals surface area contributed by atoms with Crippen LogP contribution in [0.1, 0.15) is 15.2 Å². The summed E-state index contributed by atoms with van der Waals surface area (Å²) in [4.78, 5) is 10.9. The number of carbonyl (C=O) groups is 1. The van der Waals surface area contributed by atoms with Gasteiger partial charge in [0.25, 0.3) is 0 Å². The van der Waals surface area contributed by atoms with Crippen molar-refractivity contribution in [3.05, 3.63) is 48.8 Å². The summed E-state index contributed by atoms with van der Waals surface area (Å²) in [6, 6.07) is 5.40. The van der Waals surface area contributed by atoms with E-state index in [9.17, 15) is 17.6 Å². The second-order valence-corrected chi connectivity index (χ2v) is 9.46. The van der Waals surface area contributed by atoms with E-state index in [1.165, 1.54) is 11.3 Å². The Kier molecular flexibility index (Phi) is 4.86. The summed E-state index contributed by atoms with van der Waals surface area (Å²) in [5.41, 5.74) is -0.685. The summed E-state index contributed by atoms with van der Waals surface area (Å²) < 4.78 is 39.7. The van der Waals surface area contributed by atoms with Gasteiger partial charge in [-0.25, -0.2) is 17.6 Å². The van der Waals surface area contributed by atoms with Gasteiger partial charge in [0.05, 0.1) is 15.1 Å². The first-order valence-electron chi connectivity index (χ1n) is 5.40. The topological polar surface area (TPSA) is 71.4 Å². The van der Waals surface area contributed by atoms with E-state index in [1.807, 2.05) is 0 Å². The van der Waals surface area contributed by atoms with Gasteiger partial charge in [-0.15, -0.1) is 11.3 Å². The number of hydrogen-bond acceptors (Lipinski definition) is 4. The van der Waals surface area contributed by atoms with Gasteiger partial charge in [-0.1, -0.05) is 15.9 Å². The lowest BCUT2D eigenvalue weighted by atomic mass is 10.2. The molecular formula is C12H7Br2FO4S2. The van der Waals surface area contributed by atoms with Crippen LogP contribution in [-0.2, 0) is 15.6 Å². The third-order valence-electron chi connectivity index (χ3n) is 2.53. The summed E-state index contributed by atoms with van der Waals surface area (Å²) >= 11 is 7.43. The molecule has 21 heavy (non-hydrogen) atoms. The molecule has 0 unspecified atom stereocenters. The Labute approximate surface area is 140 Å². The molecule has 0 radical (unpaired) electrons. The van der Waals surface area contributed by atoms with Gasteiger partial charge in [0.2, 0.25) is 0 Å². The van der Waals surface area contributed by atoms with Crippen molar-refractivity contribution in [1.29, 1.82) is 0 Å². The Hall–Kier alpha value is -0.770. The van der Waals surface area contributed by atoms with Crippen LogP contribution in [0.5, 0.6) is 0 Å². The predicted molar refractivity (Wildman–Crippen MR) is 84.0 cm³/mol. The van der Waals surface area contributed by atoms with Crippen molar-refractivity contribution in [2.24, 2.45) is 0 Å². The molecule has 0 aliphatic rings. The van der Waals surface area contributed by atoms with Gasteiger partial charge < -0.3 is 5.11 Å². The summed E-state index contributed by atoms with van der Waals surface area (Å²) in [5, 5.41) is 8.91. The number of rotatable bonds is 4. The average molecular weight is 458 g/mol. The first kappa shape index (κ1) is 16.6. The van der Waals surface area contributed by atoms with Gasteiger partial charge >= 0.3 is 5.97 Å². The number of halogens is 3. The van der Waals surface area contributed by atoms with E-state index < -0.39 is 37.8 Å². The summed E-state index contributed by atoms with van der Waals surface area (Å²) in [7, 11) is -3.99. The molecule has 1 aromatic carbocycles. The standard InChI is InChI=1S/C12H7Br2FO4S2/c13-6-3-8(12(16)17)11(15)9(4-6)21(18,19)5-7-1-2-10(14)20-7/h1-4H,5H2,(H,16,17). The van der Waals surface area contributed by atoms with Crippen molar-refractivity contribution in [1.82, 2.24) is 0 Å². The van der Waals surface area contributed by atoms with Crippen LogP contribution in [0.3, 0.4) is 0 Å². The van der Waals surface area contributed by atoms with Crippen molar-refractivity contribution in [3.8, 4) is 0 Å². The molecule has 0 aliphatic carbocycles. The van der Waals surface area contributed by atoms with Crippen LogP contribution < -0.4 is 0 Å². The Balaban J connectivity index is 2.52. The molecular weight excluding hydrogens is 451 g/mol. The third-order valence-corrected chi connectivity index (χ3v) is 6.45. The molecule has 0 atom stereocenters. The fourth-order valence-electron chi connectivity index (χ4n) is 1.64. The van der Waals surface area contributed by atoms with Gasteiger partial charge in [-0.3, -0.25) is 0 Å². The molecule has 0 saturated carbocycles. The molecule has 0 fully saturated rings. The molecule has 112 valence electrons. The molecule has 2 rings (SSSR count). The summed E-state index contributed by atoms with van der Waals surface area (Å²) in [5.74, 6) is -3.17. The lowest BCUT2D eigenvalue weighted by molar-refractivity contribution is 0.0691. The van der Waals surface area contributed by atoms with Gasteiger partial charge in [-0.2, -0.15) is 0 Å². The van der Waals surface area contributed by atoms with Crippen LogP contribution in [0.4, 0.5) is 4.39 Å². The maximum atomic E-state index is 14.1. The number of sulfone groups is 1. The molecule has 0 spiro atoms. The lowest BCUT2D eigenvalue weighted by Gasteiger charge is -2.08. The Morgan fingerprint density at radius 3 is 2.48 bits per heavy atom. The highest BCUT2D eigenvalue weighted by Gasteiger charge is 2.25. The summed E-state index contributed by atoms with van der Waals surface area (Å²) in [6.07, 6.45) is 0. The van der Waals surface area contributed by atoms with E-state index >= 15 is 0 Å². The fraction of sp³-hybridized carbons (Fsp3) is 0.0833. The molecule has 0 saturated heterocycles. The Morgan fingerprint density at radius 2 is 1.95 bits per heavy atom. The van der Waals surface area contributed by atoms with Crippen molar-refractivity contribution >= 4 is 59.0 Å². The zero-order valence-electron chi connectivity index (χ0n) is 10.1. The quantitative estimate of drug-likeness (QED) is 0.750. The predicted octanol–water partition coefficient (Wildman–Crippen LogP) is 4.08. The lowest BCUT2D eigenvalue weighted by Crippen LogP contribution is -2.11. The first-order valence-corrected chi connectivity index (χ1v) is 9.45. The van der Waals surface area contributed by atoms with Gasteiger partial charge in [0.1, 0.15) is 4.90 Å². The molecule has 1 N–H and O–H groups in total. The normalized spacial score (nSPS) is 11.6. The number of benzene rings is 1. The van der Waals surface area contributed by atoms with E-state index in [1.54, 1.807) is 12.1 Å². The minimum absolute atomic E-state index is 0.187. The van der Waals surface area contributed by atoms with Crippen LogP contribution in [-0.4, -0.2) is 19.5 Å². The fourth-order valence-corrected chi connectivity index (χ4v) is 5.55. The van der Waals surface area contributed by atoms with Crippen molar-refractivity contribution < 1.29 is 22.7 Å². The molecule has 2 aromatic rings. The van der Waals surface area contributed by atoms with Crippen molar-refractivity contribution in [2.75, 3.05) is 0 Å². The molecule has 1 heterocycles. The van der Waals surface area contributed by atoms with E-state index in [0.717, 1.165) is 15.9 Å². The van der Waals surface area contributed by atoms with E-state index in [4.69, 9.17) is 5.11 Å². The Bertz CT molecular complexity index is 815. The van der Waals surface area contributed by atoms with Crippen LogP contribution in [0.15, 0.2) is 37.4 Å². The molecule has 0 bridgehead atoms. The molecule has 9 heteroatoms. The van der Waals surface area contributed by atoms with Crippen molar-refractivity contribution in [2.45, 2.75) is 10.6 Å². The highest BCUT2D eigenvalue weighted by Crippen LogP contribution is 2.29. The minimum Gasteiger partial charge on any atom is -0.478 e. The molecule has 4 nitrogen and oxygen atoms in total. The van der Waals surface area contributed by atoms with Gasteiger partial charge in [-0.05, 0) is 40.2 Å². The van der Waals surface area contributed by atoms with Crippen LogP contribution in [0.25, 0.3) is 0 Å². The SMILES string of the molecule is O=C(O)c1cc(Br)cc(S(=O)(=O)Cc2ccc(Br)s2)c1F. The Morgan fingerprint density at radius 1 is 1.29 bits per heavy atom. The van der Waals surface area contributed by atoms with E-state index in [0.29, 0.717) is 4.88 Å². The number of aromatic carboxylic acids is 1. The molecule has 1 aromatic heterocycles.